The minimum absolute atomic E-state index is 0.636. The zero-order chi connectivity index (χ0) is 17.9. The second kappa shape index (κ2) is 10.6. The highest BCUT2D eigenvalue weighted by molar-refractivity contribution is 5.43. The number of benzene rings is 2. The molecule has 0 saturated carbocycles. The van der Waals surface area contributed by atoms with Gasteiger partial charge in [-0.25, -0.2) is 0 Å². The monoisotopic (exact) mass is 343 g/mol. The van der Waals surface area contributed by atoms with Crippen molar-refractivity contribution in [1.82, 2.24) is 5.32 Å². The van der Waals surface area contributed by atoms with E-state index in [0.29, 0.717) is 13.2 Å². The van der Waals surface area contributed by atoms with Gasteiger partial charge in [0.2, 0.25) is 0 Å². The summed E-state index contributed by atoms with van der Waals surface area (Å²) in [4.78, 5) is 0. The lowest BCUT2D eigenvalue weighted by molar-refractivity contribution is 0.276. The van der Waals surface area contributed by atoms with Gasteiger partial charge in [-0.1, -0.05) is 25.1 Å². The number of nitrogens with one attached hydrogen (secondary N) is 1. The van der Waals surface area contributed by atoms with Gasteiger partial charge in [0.1, 0.15) is 5.75 Å². The van der Waals surface area contributed by atoms with Crippen molar-refractivity contribution < 1.29 is 14.2 Å². The molecule has 0 atom stereocenters. The minimum Gasteiger partial charge on any atom is -0.497 e. The molecule has 0 aliphatic heterocycles. The molecule has 4 nitrogen and oxygen atoms in total. The van der Waals surface area contributed by atoms with Gasteiger partial charge in [-0.3, -0.25) is 0 Å². The highest BCUT2D eigenvalue weighted by Gasteiger charge is 2.06. The third kappa shape index (κ3) is 6.31. The van der Waals surface area contributed by atoms with Crippen LogP contribution in [0.4, 0.5) is 0 Å². The summed E-state index contributed by atoms with van der Waals surface area (Å²) in [5.74, 6) is 2.54. The fourth-order valence-corrected chi connectivity index (χ4v) is 2.52. The number of hydrogen-bond donors (Lipinski definition) is 1. The molecule has 2 aromatic carbocycles. The molecule has 2 aromatic rings. The number of hydrogen-bond acceptors (Lipinski definition) is 4. The molecular weight excluding hydrogens is 314 g/mol. The molecule has 4 heteroatoms. The molecule has 0 radical (unpaired) electrons. The Bertz CT molecular complexity index is 626. The van der Waals surface area contributed by atoms with Gasteiger partial charge in [0, 0.05) is 6.54 Å². The predicted octanol–water partition coefficient (Wildman–Crippen LogP) is 4.22. The van der Waals surface area contributed by atoms with E-state index >= 15 is 0 Å². The van der Waals surface area contributed by atoms with Crippen molar-refractivity contribution in [1.29, 1.82) is 0 Å². The van der Waals surface area contributed by atoms with Gasteiger partial charge in [0.25, 0.3) is 0 Å². The summed E-state index contributed by atoms with van der Waals surface area (Å²) in [7, 11) is 1.69. The molecule has 136 valence electrons. The van der Waals surface area contributed by atoms with Crippen LogP contribution in [0.2, 0.25) is 0 Å². The van der Waals surface area contributed by atoms with E-state index in [-0.39, 0.29) is 0 Å². The van der Waals surface area contributed by atoms with Crippen molar-refractivity contribution in [3.63, 3.8) is 0 Å². The highest BCUT2D eigenvalue weighted by Crippen LogP contribution is 2.28. The van der Waals surface area contributed by atoms with Gasteiger partial charge >= 0.3 is 0 Å². The molecule has 25 heavy (non-hydrogen) atoms. The predicted molar refractivity (Wildman–Crippen MR) is 102 cm³/mol. The summed E-state index contributed by atoms with van der Waals surface area (Å²) in [5.41, 5.74) is 2.49. The molecule has 0 aliphatic carbocycles. The summed E-state index contributed by atoms with van der Waals surface area (Å²) in [5, 5.41) is 3.48. The highest BCUT2D eigenvalue weighted by atomic mass is 16.5. The molecule has 0 amide bonds. The Labute approximate surface area is 151 Å². The zero-order valence-electron chi connectivity index (χ0n) is 15.5. The molecule has 0 unspecified atom stereocenters. The van der Waals surface area contributed by atoms with Gasteiger partial charge in [0.05, 0.1) is 20.3 Å². The maximum Gasteiger partial charge on any atom is 0.161 e. The smallest absolute Gasteiger partial charge is 0.161 e. The Morgan fingerprint density at radius 2 is 1.64 bits per heavy atom. The van der Waals surface area contributed by atoms with Gasteiger partial charge in [-0.05, 0) is 61.7 Å². The molecule has 1 N–H and O–H groups in total. The van der Waals surface area contributed by atoms with E-state index < -0.39 is 0 Å². The van der Waals surface area contributed by atoms with E-state index in [9.17, 15) is 0 Å². The first-order chi connectivity index (χ1) is 12.3. The van der Waals surface area contributed by atoms with Crippen molar-refractivity contribution in [2.45, 2.75) is 33.2 Å². The first-order valence-electron chi connectivity index (χ1n) is 8.99. The Morgan fingerprint density at radius 1 is 0.880 bits per heavy atom. The Hall–Kier alpha value is -2.20. The first kappa shape index (κ1) is 19.1. The first-order valence-corrected chi connectivity index (χ1v) is 8.99. The quantitative estimate of drug-likeness (QED) is 0.620. The van der Waals surface area contributed by atoms with Gasteiger partial charge in [-0.15, -0.1) is 0 Å². The number of rotatable bonds is 11. The van der Waals surface area contributed by atoms with Crippen LogP contribution >= 0.6 is 0 Å². The summed E-state index contributed by atoms with van der Waals surface area (Å²) in [6.07, 6.45) is 1.97. The average molecular weight is 343 g/mol. The number of ether oxygens (including phenoxy) is 3. The van der Waals surface area contributed by atoms with Crippen molar-refractivity contribution in [3.05, 3.63) is 53.6 Å². The van der Waals surface area contributed by atoms with Crippen LogP contribution in [0.25, 0.3) is 0 Å². The van der Waals surface area contributed by atoms with Gasteiger partial charge in [-0.2, -0.15) is 0 Å². The minimum atomic E-state index is 0.636. The Morgan fingerprint density at radius 3 is 2.32 bits per heavy atom. The fraction of sp³-hybridized carbons (Fsp3) is 0.429. The standard InChI is InChI=1S/C21H29NO3/c1-4-14-25-20-11-8-18(15-21(20)24-5-2)16-22-13-12-17-6-9-19(23-3)10-7-17/h6-11,15,22H,4-5,12-14,16H2,1-3H3. The van der Waals surface area contributed by atoms with Crippen LogP contribution in [0.5, 0.6) is 17.2 Å². The zero-order valence-corrected chi connectivity index (χ0v) is 15.5. The molecule has 2 rings (SSSR count). The summed E-state index contributed by atoms with van der Waals surface area (Å²) in [6, 6.07) is 14.4. The maximum absolute atomic E-state index is 5.74. The van der Waals surface area contributed by atoms with Crippen LogP contribution in [-0.4, -0.2) is 26.9 Å². The van der Waals surface area contributed by atoms with Crippen LogP contribution in [0.3, 0.4) is 0 Å². The maximum atomic E-state index is 5.74. The lowest BCUT2D eigenvalue weighted by Gasteiger charge is -2.13. The van der Waals surface area contributed by atoms with E-state index in [1.54, 1.807) is 7.11 Å². The molecular formula is C21H29NO3. The van der Waals surface area contributed by atoms with Crippen molar-refractivity contribution in [2.24, 2.45) is 0 Å². The average Bonchev–Trinajstić information content (AvgIpc) is 2.65. The molecule has 0 spiro atoms. The third-order valence-corrected chi connectivity index (χ3v) is 3.85. The lowest BCUT2D eigenvalue weighted by atomic mass is 10.1. The Kier molecular flexibility index (Phi) is 8.13. The topological polar surface area (TPSA) is 39.7 Å². The van der Waals surface area contributed by atoms with E-state index in [2.05, 4.69) is 36.5 Å². The molecule has 0 aliphatic rings. The molecule has 0 fully saturated rings. The summed E-state index contributed by atoms with van der Waals surface area (Å²) in [6.45, 7) is 7.16. The van der Waals surface area contributed by atoms with Crippen LogP contribution in [0.1, 0.15) is 31.4 Å². The Balaban J connectivity index is 1.83. The van der Waals surface area contributed by atoms with Crippen LogP contribution in [0, 0.1) is 0 Å². The summed E-state index contributed by atoms with van der Waals surface area (Å²) >= 11 is 0. The third-order valence-electron chi connectivity index (χ3n) is 3.85. The van der Waals surface area contributed by atoms with Crippen LogP contribution in [-0.2, 0) is 13.0 Å². The lowest BCUT2D eigenvalue weighted by Crippen LogP contribution is -2.16. The van der Waals surface area contributed by atoms with E-state index in [1.807, 2.05) is 25.1 Å². The normalized spacial score (nSPS) is 10.5. The second-order valence-electron chi connectivity index (χ2n) is 5.84. The molecule has 0 bridgehead atoms. The SMILES string of the molecule is CCCOc1ccc(CNCCc2ccc(OC)cc2)cc1OCC. The van der Waals surface area contributed by atoms with Gasteiger partial charge < -0.3 is 19.5 Å². The second-order valence-corrected chi connectivity index (χ2v) is 5.84. The van der Waals surface area contributed by atoms with Crippen molar-refractivity contribution >= 4 is 0 Å². The van der Waals surface area contributed by atoms with E-state index in [4.69, 9.17) is 14.2 Å². The molecule has 0 heterocycles. The number of methoxy groups -OCH3 is 1. The van der Waals surface area contributed by atoms with E-state index in [1.165, 1.54) is 11.1 Å². The van der Waals surface area contributed by atoms with Crippen LogP contribution < -0.4 is 19.5 Å². The summed E-state index contributed by atoms with van der Waals surface area (Å²) < 4.78 is 16.6. The van der Waals surface area contributed by atoms with E-state index in [0.717, 1.165) is 43.2 Å². The van der Waals surface area contributed by atoms with Crippen molar-refractivity contribution in [3.8, 4) is 17.2 Å². The van der Waals surface area contributed by atoms with Gasteiger partial charge in [0.15, 0.2) is 11.5 Å². The van der Waals surface area contributed by atoms with Crippen molar-refractivity contribution in [2.75, 3.05) is 26.9 Å². The molecule has 0 aromatic heterocycles. The largest absolute Gasteiger partial charge is 0.497 e. The fourth-order valence-electron chi connectivity index (χ4n) is 2.52. The van der Waals surface area contributed by atoms with Crippen LogP contribution in [0.15, 0.2) is 42.5 Å². The molecule has 0 saturated heterocycles.